The monoisotopic (exact) mass is 229 g/mol. The van der Waals surface area contributed by atoms with Crippen LogP contribution in [0.15, 0.2) is 0 Å². The van der Waals surface area contributed by atoms with Crippen molar-refractivity contribution in [2.45, 2.75) is 31.4 Å². The minimum absolute atomic E-state index is 0.0399. The van der Waals surface area contributed by atoms with E-state index in [9.17, 15) is 17.2 Å². The summed E-state index contributed by atoms with van der Waals surface area (Å²) in [5.41, 5.74) is 0. The van der Waals surface area contributed by atoms with Crippen LogP contribution < -0.4 is 0 Å². The Morgan fingerprint density at radius 1 is 1.46 bits per heavy atom. The molecule has 0 amide bonds. The Balaban J connectivity index is 3.61. The fraction of sp³-hybridized carbons (Fsp3) is 1.00. The van der Waals surface area contributed by atoms with Crippen LogP contribution in [0.2, 0.25) is 0 Å². The third-order valence-corrected chi connectivity index (χ3v) is 3.55. The molecule has 5 nitrogen and oxygen atoms in total. The molecule has 0 saturated heterocycles. The van der Waals surface area contributed by atoms with Crippen molar-refractivity contribution in [3.63, 3.8) is 0 Å². The summed E-state index contributed by atoms with van der Waals surface area (Å²) in [5.74, 6) is 0.0399. The molecule has 0 fully saturated rings. The van der Waals surface area contributed by atoms with Gasteiger partial charge in [-0.05, 0) is 19.8 Å². The first-order chi connectivity index (χ1) is 5.84. The molecule has 0 aliphatic heterocycles. The molecule has 0 spiro atoms. The van der Waals surface area contributed by atoms with Gasteiger partial charge >= 0.3 is 0 Å². The Morgan fingerprint density at radius 2 is 2.00 bits per heavy atom. The molecule has 0 radical (unpaired) electrons. The molecule has 7 heteroatoms. The molecular formula is C6H13O5S2-. The van der Waals surface area contributed by atoms with E-state index in [2.05, 4.69) is 0 Å². The van der Waals surface area contributed by atoms with Crippen LogP contribution in [0, 0.1) is 0 Å². The van der Waals surface area contributed by atoms with E-state index in [1.807, 2.05) is 0 Å². The molecule has 2 unspecified atom stereocenters. The summed E-state index contributed by atoms with van der Waals surface area (Å²) < 4.78 is 49.7. The zero-order valence-electron chi connectivity index (χ0n) is 7.30. The predicted octanol–water partition coefficient (Wildman–Crippen LogP) is 0.312. The number of unbranched alkanes of at least 4 members (excludes halogenated alkanes) is 1. The van der Waals surface area contributed by atoms with Crippen LogP contribution in [-0.4, -0.2) is 32.7 Å². The fourth-order valence-corrected chi connectivity index (χ4v) is 1.70. The second-order valence-electron chi connectivity index (χ2n) is 2.83. The molecule has 0 aromatic rings. The molecule has 0 bridgehead atoms. The van der Waals surface area contributed by atoms with Gasteiger partial charge in [-0.15, -0.1) is 0 Å². The highest BCUT2D eigenvalue weighted by Crippen LogP contribution is 2.08. The van der Waals surface area contributed by atoms with Gasteiger partial charge in [-0.3, -0.25) is 8.76 Å². The molecule has 1 N–H and O–H groups in total. The minimum Gasteiger partial charge on any atom is -0.772 e. The maximum atomic E-state index is 10.5. The van der Waals surface area contributed by atoms with Crippen molar-refractivity contribution in [2.75, 3.05) is 5.75 Å². The second kappa shape index (κ2) is 5.69. The van der Waals surface area contributed by atoms with Crippen LogP contribution in [0.1, 0.15) is 26.2 Å². The van der Waals surface area contributed by atoms with Gasteiger partial charge in [-0.1, -0.05) is 17.5 Å². The smallest absolute Gasteiger partial charge is 0.267 e. The van der Waals surface area contributed by atoms with Gasteiger partial charge in [0, 0.05) is 5.75 Å². The number of hydrogen-bond donors (Lipinski definition) is 1. The van der Waals surface area contributed by atoms with Crippen LogP contribution >= 0.6 is 0 Å². The maximum absolute atomic E-state index is 10.5. The summed E-state index contributed by atoms with van der Waals surface area (Å²) in [7, 11) is -3.96. The average Bonchev–Trinajstić information content (AvgIpc) is 1.95. The zero-order valence-corrected chi connectivity index (χ0v) is 8.94. The largest absolute Gasteiger partial charge is 0.772 e. The first-order valence-corrected chi connectivity index (χ1v) is 6.61. The lowest BCUT2D eigenvalue weighted by atomic mass is 10.2. The van der Waals surface area contributed by atoms with Crippen molar-refractivity contribution in [3.05, 3.63) is 0 Å². The Kier molecular flexibility index (Phi) is 5.70. The molecule has 0 aliphatic carbocycles. The van der Waals surface area contributed by atoms with Gasteiger partial charge in [0.05, 0.1) is 5.25 Å². The van der Waals surface area contributed by atoms with Gasteiger partial charge in [0.1, 0.15) is 0 Å². The summed E-state index contributed by atoms with van der Waals surface area (Å²) >= 11 is -2.06. The first kappa shape index (κ1) is 13.0. The summed E-state index contributed by atoms with van der Waals surface area (Å²) in [4.78, 5) is 0. The van der Waals surface area contributed by atoms with Gasteiger partial charge in [0.25, 0.3) is 10.1 Å². The van der Waals surface area contributed by atoms with Gasteiger partial charge in [-0.25, -0.2) is 0 Å². The molecule has 2 atom stereocenters. The molecular weight excluding hydrogens is 216 g/mol. The molecule has 0 aliphatic rings. The van der Waals surface area contributed by atoms with Gasteiger partial charge < -0.3 is 4.55 Å². The van der Waals surface area contributed by atoms with Crippen LogP contribution in [0.3, 0.4) is 0 Å². The quantitative estimate of drug-likeness (QED) is 0.402. The zero-order chi connectivity index (χ0) is 10.5. The van der Waals surface area contributed by atoms with Crippen molar-refractivity contribution in [1.29, 1.82) is 0 Å². The number of rotatable bonds is 6. The first-order valence-electron chi connectivity index (χ1n) is 3.86. The Morgan fingerprint density at radius 3 is 2.38 bits per heavy atom. The van der Waals surface area contributed by atoms with Crippen molar-refractivity contribution in [3.8, 4) is 0 Å². The molecule has 0 aromatic heterocycles. The SMILES string of the molecule is CC(CCCCS(=O)[O-])S(=O)(=O)O. The van der Waals surface area contributed by atoms with E-state index < -0.39 is 26.4 Å². The standard InChI is InChI=1S/C6H14O5S2/c1-6(13(9,10)11)4-2-3-5-12(7)8/h6H,2-5H2,1H3,(H,7,8)(H,9,10,11)/p-1. The molecule has 0 rings (SSSR count). The molecule has 0 aromatic carbocycles. The van der Waals surface area contributed by atoms with Crippen molar-refractivity contribution in [1.82, 2.24) is 0 Å². The van der Waals surface area contributed by atoms with E-state index in [4.69, 9.17) is 4.55 Å². The van der Waals surface area contributed by atoms with Crippen LogP contribution in [0.5, 0.6) is 0 Å². The van der Waals surface area contributed by atoms with Crippen LogP contribution in [-0.2, 0) is 21.2 Å². The molecule has 0 heterocycles. The third-order valence-electron chi connectivity index (χ3n) is 1.68. The molecule has 13 heavy (non-hydrogen) atoms. The van der Waals surface area contributed by atoms with E-state index in [0.717, 1.165) is 0 Å². The highest BCUT2D eigenvalue weighted by molar-refractivity contribution is 7.86. The highest BCUT2D eigenvalue weighted by atomic mass is 32.2. The van der Waals surface area contributed by atoms with E-state index in [-0.39, 0.29) is 12.2 Å². The van der Waals surface area contributed by atoms with Crippen molar-refractivity contribution < 1.29 is 21.7 Å². The summed E-state index contributed by atoms with van der Waals surface area (Å²) in [5, 5.41) is -0.812. The van der Waals surface area contributed by atoms with Crippen LogP contribution in [0.25, 0.3) is 0 Å². The predicted molar refractivity (Wildman–Crippen MR) is 48.6 cm³/mol. The Bertz CT molecular complexity index is 258. The lowest BCUT2D eigenvalue weighted by Crippen LogP contribution is -2.16. The van der Waals surface area contributed by atoms with Gasteiger partial charge in [-0.2, -0.15) is 8.42 Å². The number of hydrogen-bond acceptors (Lipinski definition) is 4. The Hall–Kier alpha value is 0.0200. The van der Waals surface area contributed by atoms with E-state index in [0.29, 0.717) is 12.8 Å². The van der Waals surface area contributed by atoms with Crippen LogP contribution in [0.4, 0.5) is 0 Å². The van der Waals surface area contributed by atoms with E-state index in [1.54, 1.807) is 0 Å². The topological polar surface area (TPSA) is 94.5 Å². The van der Waals surface area contributed by atoms with Crippen molar-refractivity contribution in [2.24, 2.45) is 0 Å². The van der Waals surface area contributed by atoms with E-state index in [1.165, 1.54) is 6.92 Å². The maximum Gasteiger partial charge on any atom is 0.267 e. The molecule has 80 valence electrons. The normalized spacial score (nSPS) is 16.8. The summed E-state index contributed by atoms with van der Waals surface area (Å²) in [6.45, 7) is 1.39. The van der Waals surface area contributed by atoms with Gasteiger partial charge in [0.2, 0.25) is 0 Å². The fourth-order valence-electron chi connectivity index (χ4n) is 0.801. The summed E-state index contributed by atoms with van der Waals surface area (Å²) in [6.07, 6.45) is 1.20. The third kappa shape index (κ3) is 7.12. The lowest BCUT2D eigenvalue weighted by Gasteiger charge is -2.08. The average molecular weight is 229 g/mol. The van der Waals surface area contributed by atoms with Gasteiger partial charge in [0.15, 0.2) is 0 Å². The molecule has 0 saturated carbocycles. The van der Waals surface area contributed by atoms with Crippen molar-refractivity contribution >= 4 is 21.2 Å². The minimum atomic E-state index is -3.96. The lowest BCUT2D eigenvalue weighted by molar-refractivity contribution is 0.463. The second-order valence-corrected chi connectivity index (χ2v) is 5.68. The Labute approximate surface area is 80.6 Å². The summed E-state index contributed by atoms with van der Waals surface area (Å²) in [6, 6.07) is 0. The van der Waals surface area contributed by atoms with E-state index >= 15 is 0 Å². The highest BCUT2D eigenvalue weighted by Gasteiger charge is 2.15.